The van der Waals surface area contributed by atoms with E-state index in [0.29, 0.717) is 11.8 Å². The third kappa shape index (κ3) is 1.18. The summed E-state index contributed by atoms with van der Waals surface area (Å²) in [6, 6.07) is 0. The largest absolute Gasteiger partial charge is 0.368 e. The standard InChI is InChI=1S/C10H17ClO/c1-9-5-3-8(4-6-9)10(2,7-11)12-9/h8H,3-7H2,1-2H3/t8?,9?,10-/m1/s1. The molecule has 0 spiro atoms. The Balaban J connectivity index is 2.21. The summed E-state index contributed by atoms with van der Waals surface area (Å²) in [5.41, 5.74) is 0.102. The lowest BCUT2D eigenvalue weighted by Crippen LogP contribution is -2.56. The molecule has 3 rings (SSSR count). The number of hydrogen-bond donors (Lipinski definition) is 0. The molecule has 0 N–H and O–H groups in total. The maximum absolute atomic E-state index is 6.08. The lowest BCUT2D eigenvalue weighted by atomic mass is 9.69. The molecule has 1 nitrogen and oxygen atoms in total. The van der Waals surface area contributed by atoms with Gasteiger partial charge in [0, 0.05) is 0 Å². The van der Waals surface area contributed by atoms with E-state index >= 15 is 0 Å². The van der Waals surface area contributed by atoms with Gasteiger partial charge in [0.05, 0.1) is 17.1 Å². The quantitative estimate of drug-likeness (QED) is 0.575. The van der Waals surface area contributed by atoms with Crippen molar-refractivity contribution in [2.45, 2.75) is 50.7 Å². The summed E-state index contributed by atoms with van der Waals surface area (Å²) >= 11 is 5.95. The topological polar surface area (TPSA) is 9.23 Å². The second-order valence-electron chi connectivity index (χ2n) is 4.77. The molecule has 2 aliphatic heterocycles. The summed E-state index contributed by atoms with van der Waals surface area (Å²) in [6.07, 6.45) is 5.06. The first-order valence-electron chi connectivity index (χ1n) is 4.84. The number of hydrogen-bond acceptors (Lipinski definition) is 1. The van der Waals surface area contributed by atoms with Crippen LogP contribution in [0.1, 0.15) is 39.5 Å². The number of alkyl halides is 1. The molecule has 3 aliphatic rings. The molecule has 0 aromatic rings. The average molecular weight is 189 g/mol. The van der Waals surface area contributed by atoms with Crippen molar-refractivity contribution < 1.29 is 4.74 Å². The number of ether oxygens (including phenoxy) is 1. The lowest BCUT2D eigenvalue weighted by molar-refractivity contribution is -0.227. The summed E-state index contributed by atoms with van der Waals surface area (Å²) in [5, 5.41) is 0. The highest BCUT2D eigenvalue weighted by Gasteiger charge is 2.50. The van der Waals surface area contributed by atoms with E-state index in [0.717, 1.165) is 0 Å². The fraction of sp³-hybridized carbons (Fsp3) is 1.00. The van der Waals surface area contributed by atoms with Crippen molar-refractivity contribution in [2.24, 2.45) is 5.92 Å². The molecule has 2 saturated heterocycles. The maximum atomic E-state index is 6.08. The highest BCUT2D eigenvalue weighted by molar-refractivity contribution is 6.18. The number of halogens is 1. The number of rotatable bonds is 1. The summed E-state index contributed by atoms with van der Waals surface area (Å²) in [5.74, 6) is 1.35. The van der Waals surface area contributed by atoms with Gasteiger partial charge in [0.25, 0.3) is 0 Å². The Hall–Kier alpha value is 0.250. The normalized spacial score (nSPS) is 52.8. The van der Waals surface area contributed by atoms with Gasteiger partial charge >= 0.3 is 0 Å². The molecular weight excluding hydrogens is 172 g/mol. The van der Waals surface area contributed by atoms with Crippen LogP contribution in [-0.2, 0) is 4.74 Å². The molecule has 2 heterocycles. The van der Waals surface area contributed by atoms with Crippen molar-refractivity contribution in [3.05, 3.63) is 0 Å². The van der Waals surface area contributed by atoms with E-state index in [1.54, 1.807) is 0 Å². The predicted octanol–water partition coefficient (Wildman–Crippen LogP) is 2.96. The van der Waals surface area contributed by atoms with Crippen molar-refractivity contribution >= 4 is 11.6 Å². The van der Waals surface area contributed by atoms with Gasteiger partial charge in [0.1, 0.15) is 0 Å². The molecule has 0 amide bonds. The van der Waals surface area contributed by atoms with Gasteiger partial charge in [-0.05, 0) is 45.4 Å². The highest BCUT2D eigenvalue weighted by atomic mass is 35.5. The highest BCUT2D eigenvalue weighted by Crippen LogP contribution is 2.49. The SMILES string of the molecule is CC12CCC(CC1)[C@@](C)(CCl)O2. The minimum Gasteiger partial charge on any atom is -0.368 e. The molecule has 70 valence electrons. The van der Waals surface area contributed by atoms with Crippen molar-refractivity contribution in [3.8, 4) is 0 Å². The van der Waals surface area contributed by atoms with Crippen LogP contribution in [-0.4, -0.2) is 17.1 Å². The zero-order valence-corrected chi connectivity index (χ0v) is 8.66. The van der Waals surface area contributed by atoms with E-state index in [-0.39, 0.29) is 11.2 Å². The predicted molar refractivity (Wildman–Crippen MR) is 50.6 cm³/mol. The van der Waals surface area contributed by atoms with Gasteiger partial charge < -0.3 is 4.74 Å². The summed E-state index contributed by atoms with van der Waals surface area (Å²) in [7, 11) is 0. The fourth-order valence-corrected chi connectivity index (χ4v) is 3.00. The zero-order valence-electron chi connectivity index (χ0n) is 7.90. The molecule has 1 atom stereocenters. The molecule has 2 heteroatoms. The molecular formula is C10H17ClO. The summed E-state index contributed by atoms with van der Waals surface area (Å²) in [6.45, 7) is 4.40. The Morgan fingerprint density at radius 1 is 1.33 bits per heavy atom. The van der Waals surface area contributed by atoms with Crippen LogP contribution >= 0.6 is 11.6 Å². The van der Waals surface area contributed by atoms with E-state index < -0.39 is 0 Å². The third-order valence-electron chi connectivity index (χ3n) is 3.65. The first-order valence-corrected chi connectivity index (χ1v) is 5.38. The second kappa shape index (κ2) is 2.62. The van der Waals surface area contributed by atoms with Crippen LogP contribution in [0.3, 0.4) is 0 Å². The monoisotopic (exact) mass is 188 g/mol. The molecule has 12 heavy (non-hydrogen) atoms. The minimum absolute atomic E-state index is 0.0349. The molecule has 0 aromatic heterocycles. The molecule has 1 saturated carbocycles. The van der Waals surface area contributed by atoms with Gasteiger partial charge in [-0.15, -0.1) is 11.6 Å². The van der Waals surface area contributed by atoms with Crippen molar-refractivity contribution in [3.63, 3.8) is 0 Å². The molecule has 0 aromatic carbocycles. The molecule has 0 radical (unpaired) electrons. The maximum Gasteiger partial charge on any atom is 0.0824 e. The zero-order chi connectivity index (χ0) is 8.82. The van der Waals surface area contributed by atoms with Crippen molar-refractivity contribution in [2.75, 3.05) is 5.88 Å². The van der Waals surface area contributed by atoms with Crippen molar-refractivity contribution in [1.82, 2.24) is 0 Å². The van der Waals surface area contributed by atoms with Crippen LogP contribution in [0.2, 0.25) is 0 Å². The first kappa shape index (κ1) is 8.83. The first-order chi connectivity index (χ1) is 5.58. The Morgan fingerprint density at radius 3 is 2.25 bits per heavy atom. The van der Waals surface area contributed by atoms with Gasteiger partial charge in [0.2, 0.25) is 0 Å². The Morgan fingerprint density at radius 2 is 1.92 bits per heavy atom. The van der Waals surface area contributed by atoms with Gasteiger partial charge in [0.15, 0.2) is 0 Å². The van der Waals surface area contributed by atoms with Crippen LogP contribution in [0.4, 0.5) is 0 Å². The van der Waals surface area contributed by atoms with Crippen LogP contribution in [0.5, 0.6) is 0 Å². The van der Waals surface area contributed by atoms with E-state index in [2.05, 4.69) is 13.8 Å². The van der Waals surface area contributed by atoms with Gasteiger partial charge in [-0.1, -0.05) is 0 Å². The van der Waals surface area contributed by atoms with E-state index in [4.69, 9.17) is 16.3 Å². The molecule has 1 aliphatic carbocycles. The van der Waals surface area contributed by atoms with Crippen LogP contribution in [0.25, 0.3) is 0 Å². The van der Waals surface area contributed by atoms with E-state index in [1.807, 2.05) is 0 Å². The van der Waals surface area contributed by atoms with E-state index in [1.165, 1.54) is 25.7 Å². The van der Waals surface area contributed by atoms with Crippen LogP contribution in [0.15, 0.2) is 0 Å². The van der Waals surface area contributed by atoms with Gasteiger partial charge in [-0.2, -0.15) is 0 Å². The number of fused-ring (bicyclic) bond motifs is 3. The van der Waals surface area contributed by atoms with Crippen molar-refractivity contribution in [1.29, 1.82) is 0 Å². The van der Waals surface area contributed by atoms with E-state index in [9.17, 15) is 0 Å². The fourth-order valence-electron chi connectivity index (χ4n) is 2.72. The summed E-state index contributed by atoms with van der Waals surface area (Å²) < 4.78 is 6.08. The Kier molecular flexibility index (Phi) is 1.93. The molecule has 3 fully saturated rings. The van der Waals surface area contributed by atoms with Crippen LogP contribution < -0.4 is 0 Å². The Labute approximate surface area is 79.4 Å². The van der Waals surface area contributed by atoms with Gasteiger partial charge in [-0.25, -0.2) is 0 Å². The minimum atomic E-state index is -0.0349. The average Bonchev–Trinajstić information content (AvgIpc) is 2.04. The second-order valence-corrected chi connectivity index (χ2v) is 5.04. The molecule has 0 unspecified atom stereocenters. The Bertz CT molecular complexity index is 184. The smallest absolute Gasteiger partial charge is 0.0824 e. The van der Waals surface area contributed by atoms with Crippen LogP contribution in [0, 0.1) is 5.92 Å². The third-order valence-corrected chi connectivity index (χ3v) is 4.18. The molecule has 2 bridgehead atoms. The lowest BCUT2D eigenvalue weighted by Gasteiger charge is -2.54. The summed E-state index contributed by atoms with van der Waals surface area (Å²) in [4.78, 5) is 0. The van der Waals surface area contributed by atoms with Gasteiger partial charge in [-0.3, -0.25) is 0 Å².